The molecule has 2 aromatic rings. The number of halogens is 1. The Labute approximate surface area is 113 Å². The Hall–Kier alpha value is -1.93. The van der Waals surface area contributed by atoms with Crippen LogP contribution in [0.4, 0.5) is 4.39 Å². The largest absolute Gasteiger partial charge is 0.302 e. The minimum atomic E-state index is -0.217. The highest BCUT2D eigenvalue weighted by Crippen LogP contribution is 2.21. The summed E-state index contributed by atoms with van der Waals surface area (Å²) in [4.78, 5) is 0. The predicted octanol–water partition coefficient (Wildman–Crippen LogP) is 4.23. The lowest BCUT2D eigenvalue weighted by Crippen LogP contribution is -2.21. The van der Waals surface area contributed by atoms with Gasteiger partial charge in [0.2, 0.25) is 0 Å². The van der Waals surface area contributed by atoms with Crippen LogP contribution in [0.5, 0.6) is 0 Å². The van der Waals surface area contributed by atoms with Gasteiger partial charge in [-0.05, 0) is 30.2 Å². The van der Waals surface area contributed by atoms with Crippen LogP contribution in [0.2, 0.25) is 0 Å². The third-order valence-electron chi connectivity index (χ3n) is 3.03. The fraction of sp³-hybridized carbons (Fsp3) is 0.176. The summed E-state index contributed by atoms with van der Waals surface area (Å²) < 4.78 is 13.3. The maximum atomic E-state index is 13.3. The summed E-state index contributed by atoms with van der Waals surface area (Å²) >= 11 is 0. The second-order valence-corrected chi connectivity index (χ2v) is 4.70. The van der Waals surface area contributed by atoms with Gasteiger partial charge in [0, 0.05) is 6.54 Å². The second-order valence-electron chi connectivity index (χ2n) is 4.70. The molecular weight excluding hydrogens is 237 g/mol. The van der Waals surface area contributed by atoms with E-state index in [4.69, 9.17) is 0 Å². The van der Waals surface area contributed by atoms with Crippen LogP contribution in [0.15, 0.2) is 66.7 Å². The van der Waals surface area contributed by atoms with Gasteiger partial charge in [0.15, 0.2) is 0 Å². The Morgan fingerprint density at radius 1 is 1.16 bits per heavy atom. The smallest absolute Gasteiger partial charge is 0.123 e. The molecule has 1 N–H and O–H groups in total. The summed E-state index contributed by atoms with van der Waals surface area (Å²) in [5.41, 5.74) is 3.08. The van der Waals surface area contributed by atoms with E-state index < -0.39 is 0 Å². The minimum Gasteiger partial charge on any atom is -0.302 e. The number of rotatable bonds is 5. The SMILES string of the molecule is C=C(C)[C@H](NCc1ccccc1)c1cccc(F)c1. The molecule has 0 saturated carbocycles. The van der Waals surface area contributed by atoms with Crippen LogP contribution >= 0.6 is 0 Å². The predicted molar refractivity (Wildman–Crippen MR) is 77.2 cm³/mol. The van der Waals surface area contributed by atoms with E-state index in [1.807, 2.05) is 31.2 Å². The first-order chi connectivity index (χ1) is 9.16. The summed E-state index contributed by atoms with van der Waals surface area (Å²) in [6.07, 6.45) is 0. The van der Waals surface area contributed by atoms with E-state index in [0.29, 0.717) is 0 Å². The van der Waals surface area contributed by atoms with Crippen LogP contribution < -0.4 is 5.32 Å². The maximum Gasteiger partial charge on any atom is 0.123 e. The van der Waals surface area contributed by atoms with Gasteiger partial charge < -0.3 is 5.32 Å². The minimum absolute atomic E-state index is 0.0316. The molecule has 1 atom stereocenters. The van der Waals surface area contributed by atoms with Crippen LogP contribution in [0.25, 0.3) is 0 Å². The summed E-state index contributed by atoms with van der Waals surface area (Å²) in [6.45, 7) is 6.67. The highest BCUT2D eigenvalue weighted by Gasteiger charge is 2.12. The molecule has 0 spiro atoms. The molecule has 0 aromatic heterocycles. The third-order valence-corrected chi connectivity index (χ3v) is 3.03. The van der Waals surface area contributed by atoms with Gasteiger partial charge in [0.1, 0.15) is 5.82 Å². The van der Waals surface area contributed by atoms with Crippen LogP contribution in [0, 0.1) is 5.82 Å². The van der Waals surface area contributed by atoms with Crippen molar-refractivity contribution in [1.82, 2.24) is 5.32 Å². The molecule has 19 heavy (non-hydrogen) atoms. The van der Waals surface area contributed by atoms with Crippen molar-refractivity contribution in [3.05, 3.63) is 83.7 Å². The fourth-order valence-corrected chi connectivity index (χ4v) is 2.08. The Morgan fingerprint density at radius 3 is 2.53 bits per heavy atom. The van der Waals surface area contributed by atoms with Gasteiger partial charge in [0.25, 0.3) is 0 Å². The molecule has 0 aliphatic carbocycles. The standard InChI is InChI=1S/C17H18FN/c1-13(2)17(15-9-6-10-16(18)11-15)19-12-14-7-4-3-5-8-14/h3-11,17,19H,1,12H2,2H3/t17-/m0/s1. The summed E-state index contributed by atoms with van der Waals surface area (Å²) in [6, 6.07) is 16.8. The van der Waals surface area contributed by atoms with Gasteiger partial charge in [-0.15, -0.1) is 0 Å². The lowest BCUT2D eigenvalue weighted by molar-refractivity contribution is 0.583. The average molecular weight is 255 g/mol. The van der Waals surface area contributed by atoms with Crippen molar-refractivity contribution in [2.75, 3.05) is 0 Å². The zero-order valence-electron chi connectivity index (χ0n) is 11.1. The molecular formula is C17H18FN. The molecule has 0 amide bonds. The average Bonchev–Trinajstić information content (AvgIpc) is 2.40. The number of hydrogen-bond donors (Lipinski definition) is 1. The third kappa shape index (κ3) is 3.76. The Balaban J connectivity index is 2.11. The molecule has 0 heterocycles. The van der Waals surface area contributed by atoms with Crippen molar-refractivity contribution in [3.63, 3.8) is 0 Å². The van der Waals surface area contributed by atoms with Crippen molar-refractivity contribution in [2.45, 2.75) is 19.5 Å². The molecule has 0 saturated heterocycles. The lowest BCUT2D eigenvalue weighted by Gasteiger charge is -2.19. The molecule has 0 aliphatic rings. The Bertz CT molecular complexity index is 548. The molecule has 2 aromatic carbocycles. The summed E-state index contributed by atoms with van der Waals surface area (Å²) in [5.74, 6) is -0.217. The van der Waals surface area contributed by atoms with Gasteiger partial charge >= 0.3 is 0 Å². The second kappa shape index (κ2) is 6.30. The van der Waals surface area contributed by atoms with Crippen LogP contribution in [-0.2, 0) is 6.54 Å². The van der Waals surface area contributed by atoms with E-state index >= 15 is 0 Å². The molecule has 0 aliphatic heterocycles. The van der Waals surface area contributed by atoms with Crippen LogP contribution in [0.1, 0.15) is 24.1 Å². The molecule has 1 nitrogen and oxygen atoms in total. The highest BCUT2D eigenvalue weighted by atomic mass is 19.1. The van der Waals surface area contributed by atoms with Crippen molar-refractivity contribution in [3.8, 4) is 0 Å². The van der Waals surface area contributed by atoms with Crippen LogP contribution in [-0.4, -0.2) is 0 Å². The Morgan fingerprint density at radius 2 is 1.89 bits per heavy atom. The summed E-state index contributed by atoms with van der Waals surface area (Å²) in [5, 5.41) is 3.41. The Kier molecular flexibility index (Phi) is 4.48. The first-order valence-corrected chi connectivity index (χ1v) is 6.35. The van der Waals surface area contributed by atoms with Gasteiger partial charge in [-0.2, -0.15) is 0 Å². The van der Waals surface area contributed by atoms with E-state index in [0.717, 1.165) is 17.7 Å². The first-order valence-electron chi connectivity index (χ1n) is 6.35. The molecule has 0 bridgehead atoms. The number of benzene rings is 2. The van der Waals surface area contributed by atoms with Gasteiger partial charge in [-0.25, -0.2) is 4.39 Å². The monoisotopic (exact) mass is 255 g/mol. The van der Waals surface area contributed by atoms with Crippen molar-refractivity contribution in [1.29, 1.82) is 0 Å². The summed E-state index contributed by atoms with van der Waals surface area (Å²) in [7, 11) is 0. The quantitative estimate of drug-likeness (QED) is 0.788. The lowest BCUT2D eigenvalue weighted by atomic mass is 10.0. The molecule has 0 unspecified atom stereocenters. The van der Waals surface area contributed by atoms with E-state index in [9.17, 15) is 4.39 Å². The first kappa shape index (κ1) is 13.5. The van der Waals surface area contributed by atoms with E-state index in [2.05, 4.69) is 24.0 Å². The number of hydrogen-bond acceptors (Lipinski definition) is 1. The van der Waals surface area contributed by atoms with Gasteiger partial charge in [-0.1, -0.05) is 54.6 Å². The van der Waals surface area contributed by atoms with Crippen molar-refractivity contribution < 1.29 is 4.39 Å². The molecule has 2 heteroatoms. The van der Waals surface area contributed by atoms with E-state index in [1.54, 1.807) is 12.1 Å². The van der Waals surface area contributed by atoms with Crippen LogP contribution in [0.3, 0.4) is 0 Å². The van der Waals surface area contributed by atoms with Crippen molar-refractivity contribution >= 4 is 0 Å². The normalized spacial score (nSPS) is 12.1. The molecule has 98 valence electrons. The van der Waals surface area contributed by atoms with Crippen molar-refractivity contribution in [2.24, 2.45) is 0 Å². The molecule has 0 radical (unpaired) electrons. The zero-order valence-corrected chi connectivity index (χ0v) is 11.1. The topological polar surface area (TPSA) is 12.0 Å². The molecule has 2 rings (SSSR count). The highest BCUT2D eigenvalue weighted by molar-refractivity contribution is 5.27. The fourth-order valence-electron chi connectivity index (χ4n) is 2.08. The maximum absolute atomic E-state index is 13.3. The van der Waals surface area contributed by atoms with Gasteiger partial charge in [-0.3, -0.25) is 0 Å². The van der Waals surface area contributed by atoms with E-state index in [1.165, 1.54) is 11.6 Å². The molecule has 0 fully saturated rings. The number of nitrogens with one attached hydrogen (secondary N) is 1. The van der Waals surface area contributed by atoms with Gasteiger partial charge in [0.05, 0.1) is 6.04 Å². The zero-order chi connectivity index (χ0) is 13.7. The van der Waals surface area contributed by atoms with E-state index in [-0.39, 0.29) is 11.9 Å².